The first-order valence-corrected chi connectivity index (χ1v) is 6.88. The molecule has 0 amide bonds. The minimum Gasteiger partial charge on any atom is -0.309 e. The van der Waals surface area contributed by atoms with Crippen LogP contribution >= 0.6 is 0 Å². The Morgan fingerprint density at radius 2 is 1.83 bits per heavy atom. The van der Waals surface area contributed by atoms with E-state index in [1.54, 1.807) is 0 Å². The Morgan fingerprint density at radius 3 is 2.33 bits per heavy atom. The first-order valence-electron chi connectivity index (χ1n) is 6.88. The van der Waals surface area contributed by atoms with Crippen LogP contribution < -0.4 is 5.32 Å². The number of benzene rings is 1. The Balaban J connectivity index is 2.57. The summed E-state index contributed by atoms with van der Waals surface area (Å²) >= 11 is 0. The lowest BCUT2D eigenvalue weighted by Gasteiger charge is -2.29. The monoisotopic (exact) mass is 248 g/mol. The van der Waals surface area contributed by atoms with Gasteiger partial charge in [-0.1, -0.05) is 43.7 Å². The Kier molecular flexibility index (Phi) is 5.83. The molecule has 0 aliphatic carbocycles. The van der Waals surface area contributed by atoms with Crippen LogP contribution in [-0.2, 0) is 0 Å². The number of aryl methyl sites for hydroxylation is 1. The first-order chi connectivity index (χ1) is 8.41. The lowest BCUT2D eigenvalue weighted by atomic mass is 10.0. The second-order valence-electron chi connectivity index (χ2n) is 5.82. The fraction of sp³-hybridized carbons (Fsp3) is 0.625. The van der Waals surface area contributed by atoms with E-state index in [-0.39, 0.29) is 0 Å². The molecule has 0 heterocycles. The Hall–Kier alpha value is -0.860. The minimum atomic E-state index is 0.408. The standard InChI is InChI=1S/C16H28N2/c1-12(2)16(18(5)6)11-17-14(4)15-9-7-8-13(3)10-15/h7-10,12,14,16-17H,11H2,1-6H3. The van der Waals surface area contributed by atoms with Crippen molar-refractivity contribution in [2.24, 2.45) is 5.92 Å². The summed E-state index contributed by atoms with van der Waals surface area (Å²) < 4.78 is 0. The third-order valence-corrected chi connectivity index (χ3v) is 3.61. The van der Waals surface area contributed by atoms with Crippen LogP contribution in [0.5, 0.6) is 0 Å². The van der Waals surface area contributed by atoms with Gasteiger partial charge < -0.3 is 10.2 Å². The normalized spacial score (nSPS) is 15.1. The molecule has 2 nitrogen and oxygen atoms in total. The summed E-state index contributed by atoms with van der Waals surface area (Å²) in [5.74, 6) is 0.664. The fourth-order valence-corrected chi connectivity index (χ4v) is 2.37. The van der Waals surface area contributed by atoms with Crippen molar-refractivity contribution in [1.29, 1.82) is 0 Å². The van der Waals surface area contributed by atoms with E-state index in [9.17, 15) is 0 Å². The van der Waals surface area contributed by atoms with Gasteiger partial charge >= 0.3 is 0 Å². The number of likely N-dealkylation sites (N-methyl/N-ethyl adjacent to an activating group) is 1. The van der Waals surface area contributed by atoms with Gasteiger partial charge in [-0.15, -0.1) is 0 Å². The van der Waals surface area contributed by atoms with Crippen LogP contribution in [0, 0.1) is 12.8 Å². The Bertz CT molecular complexity index is 350. The predicted octanol–water partition coefficient (Wildman–Crippen LogP) is 3.23. The van der Waals surface area contributed by atoms with Gasteiger partial charge in [-0.25, -0.2) is 0 Å². The van der Waals surface area contributed by atoms with E-state index in [0.717, 1.165) is 6.54 Å². The van der Waals surface area contributed by atoms with Crippen molar-refractivity contribution in [2.75, 3.05) is 20.6 Å². The molecule has 1 rings (SSSR count). The third-order valence-electron chi connectivity index (χ3n) is 3.61. The SMILES string of the molecule is Cc1cccc(C(C)NCC(C(C)C)N(C)C)c1. The lowest BCUT2D eigenvalue weighted by Crippen LogP contribution is -2.42. The van der Waals surface area contributed by atoms with E-state index in [1.165, 1.54) is 11.1 Å². The molecule has 2 heteroatoms. The van der Waals surface area contributed by atoms with Gasteiger partial charge in [0, 0.05) is 18.6 Å². The zero-order chi connectivity index (χ0) is 13.7. The summed E-state index contributed by atoms with van der Waals surface area (Å²) in [6, 6.07) is 9.73. The highest BCUT2D eigenvalue weighted by molar-refractivity contribution is 5.24. The number of nitrogens with one attached hydrogen (secondary N) is 1. The van der Waals surface area contributed by atoms with Gasteiger partial charge in [0.1, 0.15) is 0 Å². The Labute approximate surface area is 112 Å². The molecule has 18 heavy (non-hydrogen) atoms. The molecule has 0 radical (unpaired) electrons. The van der Waals surface area contributed by atoms with Crippen molar-refractivity contribution in [2.45, 2.75) is 39.8 Å². The van der Waals surface area contributed by atoms with Gasteiger partial charge in [0.05, 0.1) is 0 Å². The van der Waals surface area contributed by atoms with Crippen molar-refractivity contribution in [3.63, 3.8) is 0 Å². The molecule has 0 aliphatic rings. The average Bonchev–Trinajstić information content (AvgIpc) is 2.28. The summed E-state index contributed by atoms with van der Waals surface area (Å²) in [6.45, 7) is 9.97. The second-order valence-corrected chi connectivity index (χ2v) is 5.82. The van der Waals surface area contributed by atoms with E-state index in [4.69, 9.17) is 0 Å². The summed E-state index contributed by atoms with van der Waals surface area (Å²) in [4.78, 5) is 2.31. The summed E-state index contributed by atoms with van der Waals surface area (Å²) in [5.41, 5.74) is 2.70. The van der Waals surface area contributed by atoms with Gasteiger partial charge in [-0.3, -0.25) is 0 Å². The van der Waals surface area contributed by atoms with Crippen LogP contribution in [0.15, 0.2) is 24.3 Å². The highest BCUT2D eigenvalue weighted by Crippen LogP contribution is 2.15. The van der Waals surface area contributed by atoms with Gasteiger partial charge in [0.2, 0.25) is 0 Å². The van der Waals surface area contributed by atoms with E-state index < -0.39 is 0 Å². The van der Waals surface area contributed by atoms with Crippen molar-refractivity contribution < 1.29 is 0 Å². The molecule has 2 atom stereocenters. The molecule has 2 unspecified atom stereocenters. The maximum Gasteiger partial charge on any atom is 0.0292 e. The summed E-state index contributed by atoms with van der Waals surface area (Å²) in [7, 11) is 4.31. The van der Waals surface area contributed by atoms with Gasteiger partial charge in [0.15, 0.2) is 0 Å². The topological polar surface area (TPSA) is 15.3 Å². The smallest absolute Gasteiger partial charge is 0.0292 e. The average molecular weight is 248 g/mol. The van der Waals surface area contributed by atoms with Crippen LogP contribution in [0.25, 0.3) is 0 Å². The number of hydrogen-bond acceptors (Lipinski definition) is 2. The molecular formula is C16H28N2. The van der Waals surface area contributed by atoms with Crippen molar-refractivity contribution in [1.82, 2.24) is 10.2 Å². The number of rotatable bonds is 6. The van der Waals surface area contributed by atoms with Crippen LogP contribution in [-0.4, -0.2) is 31.6 Å². The summed E-state index contributed by atoms with van der Waals surface area (Å²) in [5, 5.41) is 3.65. The van der Waals surface area contributed by atoms with Crippen LogP contribution in [0.4, 0.5) is 0 Å². The molecule has 0 saturated carbocycles. The van der Waals surface area contributed by atoms with Crippen LogP contribution in [0.2, 0.25) is 0 Å². The minimum absolute atomic E-state index is 0.408. The Morgan fingerprint density at radius 1 is 1.17 bits per heavy atom. The van der Waals surface area contributed by atoms with Gasteiger partial charge in [-0.2, -0.15) is 0 Å². The van der Waals surface area contributed by atoms with E-state index >= 15 is 0 Å². The summed E-state index contributed by atoms with van der Waals surface area (Å²) in [6.07, 6.45) is 0. The van der Waals surface area contributed by atoms with Gasteiger partial charge in [0.25, 0.3) is 0 Å². The fourth-order valence-electron chi connectivity index (χ4n) is 2.37. The molecule has 1 N–H and O–H groups in total. The molecule has 0 aliphatic heterocycles. The predicted molar refractivity (Wildman–Crippen MR) is 79.9 cm³/mol. The largest absolute Gasteiger partial charge is 0.309 e. The molecule has 0 bridgehead atoms. The van der Waals surface area contributed by atoms with Crippen molar-refractivity contribution in [3.8, 4) is 0 Å². The second kappa shape index (κ2) is 6.91. The van der Waals surface area contributed by atoms with Crippen LogP contribution in [0.1, 0.15) is 37.9 Å². The molecule has 0 saturated heterocycles. The quantitative estimate of drug-likeness (QED) is 0.831. The van der Waals surface area contributed by atoms with E-state index in [2.05, 4.69) is 76.3 Å². The molecule has 0 aromatic heterocycles. The van der Waals surface area contributed by atoms with E-state index in [0.29, 0.717) is 18.0 Å². The van der Waals surface area contributed by atoms with Crippen molar-refractivity contribution in [3.05, 3.63) is 35.4 Å². The zero-order valence-corrected chi connectivity index (χ0v) is 12.7. The van der Waals surface area contributed by atoms with Gasteiger partial charge in [-0.05, 0) is 39.4 Å². The van der Waals surface area contributed by atoms with Crippen molar-refractivity contribution >= 4 is 0 Å². The molecule has 1 aromatic carbocycles. The number of nitrogens with zero attached hydrogens (tertiary/aromatic N) is 1. The highest BCUT2D eigenvalue weighted by atomic mass is 15.1. The maximum atomic E-state index is 3.65. The highest BCUT2D eigenvalue weighted by Gasteiger charge is 2.16. The zero-order valence-electron chi connectivity index (χ0n) is 12.7. The molecular weight excluding hydrogens is 220 g/mol. The number of hydrogen-bond donors (Lipinski definition) is 1. The molecule has 1 aromatic rings. The first kappa shape index (κ1) is 15.2. The van der Waals surface area contributed by atoms with E-state index in [1.807, 2.05) is 0 Å². The maximum absolute atomic E-state index is 3.65. The molecule has 102 valence electrons. The lowest BCUT2D eigenvalue weighted by molar-refractivity contribution is 0.220. The third kappa shape index (κ3) is 4.43. The molecule has 0 fully saturated rings. The van der Waals surface area contributed by atoms with Crippen LogP contribution in [0.3, 0.4) is 0 Å². The molecule has 0 spiro atoms.